The largest absolute Gasteiger partial charge is 0.379 e. The maximum absolute atomic E-state index is 12.9. The lowest BCUT2D eigenvalue weighted by molar-refractivity contribution is 0.0730. The highest BCUT2D eigenvalue weighted by atomic mass is 32.2. The summed E-state index contributed by atoms with van der Waals surface area (Å²) in [5.41, 5.74) is 5.41. The number of hydrogen-bond donors (Lipinski definition) is 1. The van der Waals surface area contributed by atoms with E-state index < -0.39 is 15.9 Å². The van der Waals surface area contributed by atoms with E-state index in [0.29, 0.717) is 32.0 Å². The Bertz CT molecular complexity index is 1110. The number of ether oxygens (including phenoxy) is 2. The van der Waals surface area contributed by atoms with Gasteiger partial charge in [0.15, 0.2) is 0 Å². The van der Waals surface area contributed by atoms with E-state index in [1.165, 1.54) is 16.4 Å². The van der Waals surface area contributed by atoms with Crippen molar-refractivity contribution in [3.05, 3.63) is 59.7 Å². The van der Waals surface area contributed by atoms with Gasteiger partial charge in [0.05, 0.1) is 37.0 Å². The van der Waals surface area contributed by atoms with Gasteiger partial charge < -0.3 is 14.4 Å². The summed E-state index contributed by atoms with van der Waals surface area (Å²) >= 11 is 0. The summed E-state index contributed by atoms with van der Waals surface area (Å²) in [4.78, 5) is 15.0. The average Bonchev–Trinajstić information content (AvgIpc) is 2.88. The first kappa shape index (κ1) is 23.4. The fourth-order valence-corrected chi connectivity index (χ4v) is 5.19. The van der Waals surface area contributed by atoms with E-state index in [-0.39, 0.29) is 10.5 Å². The second kappa shape index (κ2) is 10.4. The van der Waals surface area contributed by atoms with E-state index in [2.05, 4.69) is 15.4 Å². The molecule has 2 aliphatic rings. The van der Waals surface area contributed by atoms with Crippen LogP contribution in [-0.4, -0.2) is 76.9 Å². The number of rotatable bonds is 6. The Kier molecular flexibility index (Phi) is 7.39. The van der Waals surface area contributed by atoms with E-state index in [1.54, 1.807) is 12.1 Å². The topological polar surface area (TPSA) is 101 Å². The zero-order valence-electron chi connectivity index (χ0n) is 18.6. The molecule has 0 spiro atoms. The van der Waals surface area contributed by atoms with Gasteiger partial charge >= 0.3 is 0 Å². The highest BCUT2D eigenvalue weighted by Crippen LogP contribution is 2.19. The standard InChI is InChI=1S/C23H28N4O5S/c1-18(19-5-7-21(8-6-19)26-9-13-31-14-10-26)24-25-23(28)20-3-2-4-22(17-20)33(29,30)27-11-15-32-16-12-27/h2-8,17H,9-16H2,1H3,(H,25,28). The summed E-state index contributed by atoms with van der Waals surface area (Å²) in [7, 11) is -3.68. The summed E-state index contributed by atoms with van der Waals surface area (Å²) in [5.74, 6) is -0.474. The van der Waals surface area contributed by atoms with Crippen molar-refractivity contribution in [2.24, 2.45) is 5.10 Å². The molecular weight excluding hydrogens is 444 g/mol. The van der Waals surface area contributed by atoms with Crippen molar-refractivity contribution in [3.63, 3.8) is 0 Å². The van der Waals surface area contributed by atoms with E-state index in [1.807, 2.05) is 31.2 Å². The summed E-state index contributed by atoms with van der Waals surface area (Å²) in [6.07, 6.45) is 0. The van der Waals surface area contributed by atoms with Gasteiger partial charge in [-0.2, -0.15) is 9.41 Å². The molecule has 2 heterocycles. The lowest BCUT2D eigenvalue weighted by atomic mass is 10.1. The molecule has 2 fully saturated rings. The molecule has 1 amide bonds. The number of benzene rings is 2. The Morgan fingerprint density at radius 3 is 2.21 bits per heavy atom. The quantitative estimate of drug-likeness (QED) is 0.507. The first-order valence-electron chi connectivity index (χ1n) is 10.9. The number of carbonyl (C=O) groups is 1. The van der Waals surface area contributed by atoms with Crippen LogP contribution in [0.25, 0.3) is 0 Å². The third kappa shape index (κ3) is 5.59. The Labute approximate surface area is 194 Å². The molecule has 0 aromatic heterocycles. The number of sulfonamides is 1. The minimum atomic E-state index is -3.68. The molecular formula is C23H28N4O5S. The molecule has 33 heavy (non-hydrogen) atoms. The first-order valence-corrected chi connectivity index (χ1v) is 12.3. The molecule has 2 aromatic carbocycles. The molecule has 9 nitrogen and oxygen atoms in total. The summed E-state index contributed by atoms with van der Waals surface area (Å²) in [6, 6.07) is 14.0. The van der Waals surface area contributed by atoms with E-state index in [4.69, 9.17) is 9.47 Å². The zero-order valence-corrected chi connectivity index (χ0v) is 19.4. The first-order chi connectivity index (χ1) is 15.9. The smallest absolute Gasteiger partial charge is 0.271 e. The number of nitrogens with one attached hydrogen (secondary N) is 1. The molecule has 4 rings (SSSR count). The van der Waals surface area contributed by atoms with Crippen LogP contribution in [0.15, 0.2) is 58.5 Å². The number of anilines is 1. The van der Waals surface area contributed by atoms with Crippen LogP contribution in [-0.2, 0) is 19.5 Å². The second-order valence-corrected chi connectivity index (χ2v) is 9.77. The Balaban J connectivity index is 1.42. The monoisotopic (exact) mass is 472 g/mol. The van der Waals surface area contributed by atoms with Gasteiger partial charge in [0.2, 0.25) is 10.0 Å². The Morgan fingerprint density at radius 1 is 0.909 bits per heavy atom. The van der Waals surface area contributed by atoms with Gasteiger partial charge in [0.25, 0.3) is 5.91 Å². The third-order valence-corrected chi connectivity index (χ3v) is 7.59. The van der Waals surface area contributed by atoms with Gasteiger partial charge in [-0.1, -0.05) is 18.2 Å². The lowest BCUT2D eigenvalue weighted by Gasteiger charge is -2.28. The fourth-order valence-electron chi connectivity index (χ4n) is 3.73. The predicted octanol–water partition coefficient (Wildman–Crippen LogP) is 1.70. The fraction of sp³-hybridized carbons (Fsp3) is 0.391. The van der Waals surface area contributed by atoms with Gasteiger partial charge in [-0.25, -0.2) is 13.8 Å². The summed E-state index contributed by atoms with van der Waals surface area (Å²) in [6.45, 7) is 6.31. The second-order valence-electron chi connectivity index (χ2n) is 7.83. The molecule has 0 unspecified atom stereocenters. The minimum absolute atomic E-state index is 0.0800. The van der Waals surface area contributed by atoms with Gasteiger partial charge in [-0.15, -0.1) is 0 Å². The van der Waals surface area contributed by atoms with Gasteiger partial charge in [0.1, 0.15) is 0 Å². The highest BCUT2D eigenvalue weighted by molar-refractivity contribution is 7.89. The van der Waals surface area contributed by atoms with Crippen molar-refractivity contribution in [2.75, 3.05) is 57.5 Å². The van der Waals surface area contributed by atoms with Crippen molar-refractivity contribution < 1.29 is 22.7 Å². The number of amides is 1. The van der Waals surface area contributed by atoms with Crippen LogP contribution < -0.4 is 10.3 Å². The number of hydrazone groups is 1. The lowest BCUT2D eigenvalue weighted by Crippen LogP contribution is -2.40. The van der Waals surface area contributed by atoms with Crippen LogP contribution >= 0.6 is 0 Å². The third-order valence-electron chi connectivity index (χ3n) is 5.69. The zero-order chi connectivity index (χ0) is 23.3. The van der Waals surface area contributed by atoms with Crippen LogP contribution in [0.2, 0.25) is 0 Å². The van der Waals surface area contributed by atoms with Gasteiger partial charge in [-0.3, -0.25) is 4.79 Å². The minimum Gasteiger partial charge on any atom is -0.379 e. The van der Waals surface area contributed by atoms with Crippen LogP contribution in [0, 0.1) is 0 Å². The van der Waals surface area contributed by atoms with Crippen molar-refractivity contribution in [3.8, 4) is 0 Å². The number of nitrogens with zero attached hydrogens (tertiary/aromatic N) is 3. The van der Waals surface area contributed by atoms with Gasteiger partial charge in [-0.05, 0) is 42.8 Å². The average molecular weight is 473 g/mol. The molecule has 0 saturated carbocycles. The van der Waals surface area contributed by atoms with Crippen molar-refractivity contribution >= 4 is 27.3 Å². The van der Waals surface area contributed by atoms with Gasteiger partial charge in [0, 0.05) is 37.4 Å². The van der Waals surface area contributed by atoms with Crippen LogP contribution in [0.5, 0.6) is 0 Å². The number of carbonyl (C=O) groups excluding carboxylic acids is 1. The molecule has 0 atom stereocenters. The number of morpholine rings is 2. The number of hydrogen-bond acceptors (Lipinski definition) is 7. The van der Waals surface area contributed by atoms with Crippen molar-refractivity contribution in [2.45, 2.75) is 11.8 Å². The predicted molar refractivity (Wildman–Crippen MR) is 125 cm³/mol. The molecule has 2 aromatic rings. The van der Waals surface area contributed by atoms with Crippen molar-refractivity contribution in [1.29, 1.82) is 0 Å². The molecule has 2 saturated heterocycles. The van der Waals surface area contributed by atoms with Crippen LogP contribution in [0.4, 0.5) is 5.69 Å². The van der Waals surface area contributed by atoms with E-state index in [9.17, 15) is 13.2 Å². The van der Waals surface area contributed by atoms with Crippen LogP contribution in [0.3, 0.4) is 0 Å². The molecule has 2 aliphatic heterocycles. The molecule has 176 valence electrons. The molecule has 0 bridgehead atoms. The molecule has 1 N–H and O–H groups in total. The maximum atomic E-state index is 12.9. The molecule has 10 heteroatoms. The Hall–Kier alpha value is -2.79. The highest BCUT2D eigenvalue weighted by Gasteiger charge is 2.26. The van der Waals surface area contributed by atoms with E-state index in [0.717, 1.165) is 37.6 Å². The summed E-state index contributed by atoms with van der Waals surface area (Å²) in [5, 5.41) is 4.20. The molecule has 0 radical (unpaired) electrons. The van der Waals surface area contributed by atoms with Crippen molar-refractivity contribution in [1.82, 2.24) is 9.73 Å². The normalized spacial score (nSPS) is 18.2. The van der Waals surface area contributed by atoms with Crippen LogP contribution in [0.1, 0.15) is 22.8 Å². The molecule has 0 aliphatic carbocycles. The maximum Gasteiger partial charge on any atom is 0.271 e. The summed E-state index contributed by atoms with van der Waals surface area (Å²) < 4.78 is 37.7. The Morgan fingerprint density at radius 2 is 1.55 bits per heavy atom. The van der Waals surface area contributed by atoms with E-state index >= 15 is 0 Å². The SMILES string of the molecule is CC(=NNC(=O)c1cccc(S(=O)(=O)N2CCOCC2)c1)c1ccc(N2CCOCC2)cc1.